The third-order valence-corrected chi connectivity index (χ3v) is 5.05. The van der Waals surface area contributed by atoms with E-state index in [0.29, 0.717) is 11.3 Å². The third-order valence-electron chi connectivity index (χ3n) is 3.37. The van der Waals surface area contributed by atoms with Gasteiger partial charge in [-0.2, -0.15) is 5.26 Å². The van der Waals surface area contributed by atoms with Crippen molar-refractivity contribution in [2.45, 2.75) is 18.7 Å². The van der Waals surface area contributed by atoms with Crippen molar-refractivity contribution in [3.8, 4) is 6.07 Å². The molecule has 2 aromatic rings. The number of nitrogens with zero attached hydrogens (tertiary/aromatic N) is 1. The van der Waals surface area contributed by atoms with Crippen LogP contribution >= 0.6 is 0 Å². The lowest BCUT2D eigenvalue weighted by atomic mass is 10.1. The summed E-state index contributed by atoms with van der Waals surface area (Å²) in [6, 6.07) is 14.6. The number of hydrogen-bond acceptors (Lipinski definition) is 5. The van der Waals surface area contributed by atoms with E-state index in [1.54, 1.807) is 42.5 Å². The molecule has 0 unspecified atom stereocenters. The Labute approximate surface area is 141 Å². The fourth-order valence-corrected chi connectivity index (χ4v) is 3.07. The largest absolute Gasteiger partial charge is 0.360 e. The molecule has 0 spiro atoms. The van der Waals surface area contributed by atoms with Gasteiger partial charge in [-0.15, -0.1) is 0 Å². The van der Waals surface area contributed by atoms with Gasteiger partial charge in [-0.1, -0.05) is 29.8 Å². The second kappa shape index (κ2) is 7.11. The monoisotopic (exact) mass is 340 g/mol. The van der Waals surface area contributed by atoms with Crippen LogP contribution < -0.4 is 5.32 Å². The number of hydrogen-bond donors (Lipinski definition) is 1. The summed E-state index contributed by atoms with van der Waals surface area (Å²) in [5.74, 6) is -0.101. The minimum Gasteiger partial charge on any atom is -0.360 e. The highest BCUT2D eigenvalue weighted by Crippen LogP contribution is 2.20. The third kappa shape index (κ3) is 3.89. The molecule has 0 bridgehead atoms. The molecule has 0 atom stereocenters. The van der Waals surface area contributed by atoms with Gasteiger partial charge >= 0.3 is 0 Å². The van der Waals surface area contributed by atoms with Gasteiger partial charge in [-0.05, 0) is 38.1 Å². The number of benzene rings is 2. The van der Waals surface area contributed by atoms with Crippen LogP contribution in [0.5, 0.6) is 0 Å². The number of anilines is 1. The maximum atomic E-state index is 12.5. The predicted molar refractivity (Wildman–Crippen MR) is 92.1 cm³/mol. The van der Waals surface area contributed by atoms with Gasteiger partial charge in [0.2, 0.25) is 9.84 Å². The van der Waals surface area contributed by atoms with Gasteiger partial charge in [-0.25, -0.2) is 8.42 Å². The molecule has 0 aliphatic carbocycles. The summed E-state index contributed by atoms with van der Waals surface area (Å²) in [5, 5.41) is 12.0. The number of nitrogens with one attached hydrogen (secondary N) is 1. The standard InChI is InChI=1S/C18H16N2O3S/c1-13-6-8-17(9-7-13)24(22,23)18(11-19)12-20-16-5-3-4-15(10-16)14(2)21/h3-10,12,20H,1-2H3/b18-12-. The summed E-state index contributed by atoms with van der Waals surface area (Å²) >= 11 is 0. The SMILES string of the molecule is CC(=O)c1cccc(N/C=C(/C#N)S(=O)(=O)c2ccc(C)cc2)c1. The zero-order chi connectivity index (χ0) is 17.7. The van der Waals surface area contributed by atoms with E-state index in [4.69, 9.17) is 0 Å². The van der Waals surface area contributed by atoms with Gasteiger partial charge in [0, 0.05) is 17.5 Å². The first-order chi connectivity index (χ1) is 11.3. The average Bonchev–Trinajstić information content (AvgIpc) is 2.56. The minimum absolute atomic E-state index is 0.0557. The molecule has 2 rings (SSSR count). The normalized spacial score (nSPS) is 11.6. The van der Waals surface area contributed by atoms with E-state index < -0.39 is 14.7 Å². The van der Waals surface area contributed by atoms with Crippen molar-refractivity contribution in [3.05, 3.63) is 70.8 Å². The molecular weight excluding hydrogens is 324 g/mol. The molecule has 5 nitrogen and oxygen atoms in total. The van der Waals surface area contributed by atoms with Crippen molar-refractivity contribution in [1.82, 2.24) is 0 Å². The Bertz CT molecular complexity index is 937. The smallest absolute Gasteiger partial charge is 0.218 e. The number of aryl methyl sites for hydroxylation is 1. The van der Waals surface area contributed by atoms with Gasteiger partial charge in [0.1, 0.15) is 6.07 Å². The van der Waals surface area contributed by atoms with Crippen molar-refractivity contribution in [2.75, 3.05) is 5.32 Å². The van der Waals surface area contributed by atoms with Gasteiger partial charge < -0.3 is 5.32 Å². The van der Waals surface area contributed by atoms with Crippen LogP contribution in [0.3, 0.4) is 0 Å². The van der Waals surface area contributed by atoms with E-state index >= 15 is 0 Å². The predicted octanol–water partition coefficient (Wildman–Crippen LogP) is 3.45. The molecule has 1 N–H and O–H groups in total. The summed E-state index contributed by atoms with van der Waals surface area (Å²) in [7, 11) is -3.89. The van der Waals surface area contributed by atoms with Gasteiger partial charge in [0.25, 0.3) is 0 Å². The molecule has 0 fully saturated rings. The zero-order valence-electron chi connectivity index (χ0n) is 13.3. The molecule has 2 aromatic carbocycles. The summed E-state index contributed by atoms with van der Waals surface area (Å²) in [6.45, 7) is 3.29. The summed E-state index contributed by atoms with van der Waals surface area (Å²) in [6.07, 6.45) is 1.13. The Morgan fingerprint density at radius 2 is 1.83 bits per heavy atom. The average molecular weight is 340 g/mol. The molecule has 0 aromatic heterocycles. The van der Waals surface area contributed by atoms with E-state index in [2.05, 4.69) is 5.32 Å². The molecule has 0 heterocycles. The van der Waals surface area contributed by atoms with Gasteiger partial charge in [0.15, 0.2) is 10.7 Å². The number of nitriles is 1. The van der Waals surface area contributed by atoms with E-state index in [9.17, 15) is 18.5 Å². The van der Waals surface area contributed by atoms with E-state index in [-0.39, 0.29) is 10.7 Å². The fourth-order valence-electron chi connectivity index (χ4n) is 1.99. The Morgan fingerprint density at radius 3 is 2.42 bits per heavy atom. The number of sulfone groups is 1. The number of carbonyl (C=O) groups excluding carboxylic acids is 1. The van der Waals surface area contributed by atoms with Crippen molar-refractivity contribution >= 4 is 21.3 Å². The first kappa shape index (κ1) is 17.4. The molecular formula is C18H16N2O3S. The van der Waals surface area contributed by atoms with Crippen LogP contribution in [0.1, 0.15) is 22.8 Å². The first-order valence-corrected chi connectivity index (χ1v) is 8.62. The molecule has 6 heteroatoms. The van der Waals surface area contributed by atoms with Crippen LogP contribution in [0.15, 0.2) is 64.5 Å². The maximum absolute atomic E-state index is 12.5. The van der Waals surface area contributed by atoms with Crippen molar-refractivity contribution < 1.29 is 13.2 Å². The zero-order valence-corrected chi connectivity index (χ0v) is 14.1. The highest BCUT2D eigenvalue weighted by atomic mass is 32.2. The lowest BCUT2D eigenvalue weighted by molar-refractivity contribution is 0.101. The molecule has 0 aliphatic rings. The van der Waals surface area contributed by atoms with E-state index in [0.717, 1.165) is 11.8 Å². The molecule has 0 saturated heterocycles. The molecule has 0 amide bonds. The minimum atomic E-state index is -3.89. The van der Waals surface area contributed by atoms with Gasteiger partial charge in [0.05, 0.1) is 4.90 Å². The first-order valence-electron chi connectivity index (χ1n) is 7.14. The molecule has 0 radical (unpaired) electrons. The molecule has 0 saturated carbocycles. The molecule has 122 valence electrons. The lowest BCUT2D eigenvalue weighted by Crippen LogP contribution is -2.06. The fraction of sp³-hybridized carbons (Fsp3) is 0.111. The van der Waals surface area contributed by atoms with Crippen LogP contribution in [0.4, 0.5) is 5.69 Å². The summed E-state index contributed by atoms with van der Waals surface area (Å²) in [4.78, 5) is 11.0. The van der Waals surface area contributed by atoms with Crippen LogP contribution in [0, 0.1) is 18.3 Å². The van der Waals surface area contributed by atoms with E-state index in [1.807, 2.05) is 6.92 Å². The second-order valence-electron chi connectivity index (χ2n) is 5.22. The van der Waals surface area contributed by atoms with Crippen molar-refractivity contribution in [2.24, 2.45) is 0 Å². The molecule has 0 aliphatic heterocycles. The lowest BCUT2D eigenvalue weighted by Gasteiger charge is -2.06. The van der Waals surface area contributed by atoms with Crippen LogP contribution in [0.2, 0.25) is 0 Å². The highest BCUT2D eigenvalue weighted by Gasteiger charge is 2.20. The van der Waals surface area contributed by atoms with Crippen molar-refractivity contribution in [3.63, 3.8) is 0 Å². The van der Waals surface area contributed by atoms with Crippen molar-refractivity contribution in [1.29, 1.82) is 5.26 Å². The van der Waals surface area contributed by atoms with Crippen LogP contribution in [-0.2, 0) is 9.84 Å². The summed E-state index contributed by atoms with van der Waals surface area (Å²) in [5.41, 5.74) is 1.94. The number of Topliss-reactive ketones (excluding diaryl/α,β-unsaturated/α-hetero) is 1. The highest BCUT2D eigenvalue weighted by molar-refractivity contribution is 7.95. The topological polar surface area (TPSA) is 87.0 Å². The van der Waals surface area contributed by atoms with E-state index in [1.165, 1.54) is 19.1 Å². The number of ketones is 1. The summed E-state index contributed by atoms with van der Waals surface area (Å²) < 4.78 is 25.0. The van der Waals surface area contributed by atoms with Crippen LogP contribution in [-0.4, -0.2) is 14.2 Å². The number of carbonyl (C=O) groups is 1. The Morgan fingerprint density at radius 1 is 1.17 bits per heavy atom. The quantitative estimate of drug-likeness (QED) is 0.665. The Hall–Kier alpha value is -2.91. The van der Waals surface area contributed by atoms with Crippen LogP contribution in [0.25, 0.3) is 0 Å². The maximum Gasteiger partial charge on any atom is 0.218 e. The van der Waals surface area contributed by atoms with Gasteiger partial charge in [-0.3, -0.25) is 4.79 Å². The number of rotatable bonds is 5. The Balaban J connectivity index is 2.32. The second-order valence-corrected chi connectivity index (χ2v) is 7.14. The molecule has 24 heavy (non-hydrogen) atoms. The Kier molecular flexibility index (Phi) is 5.17. The number of allylic oxidation sites excluding steroid dienone is 1.